The van der Waals surface area contributed by atoms with Gasteiger partial charge in [-0.15, -0.1) is 0 Å². The number of carbonyl (C=O) groups is 2. The topological polar surface area (TPSA) is 90.7 Å². The van der Waals surface area contributed by atoms with E-state index < -0.39 is 23.8 Å². The zero-order valence-corrected chi connectivity index (χ0v) is 14.7. The third kappa shape index (κ3) is 3.34. The van der Waals surface area contributed by atoms with Gasteiger partial charge in [-0.3, -0.25) is 14.6 Å². The van der Waals surface area contributed by atoms with Crippen molar-refractivity contribution in [2.24, 2.45) is 0 Å². The second kappa shape index (κ2) is 7.27. The summed E-state index contributed by atoms with van der Waals surface area (Å²) in [6.07, 6.45) is 0.704. The molecule has 2 N–H and O–H groups in total. The van der Waals surface area contributed by atoms with Gasteiger partial charge in [-0.05, 0) is 43.3 Å². The third-order valence-corrected chi connectivity index (χ3v) is 4.34. The number of rotatable bonds is 4. The van der Waals surface area contributed by atoms with Crippen molar-refractivity contribution in [1.82, 2.24) is 9.88 Å². The molecule has 0 aliphatic carbocycles. The van der Waals surface area contributed by atoms with Crippen LogP contribution in [0.1, 0.15) is 24.2 Å². The molecule has 2 heterocycles. The molecule has 3 rings (SSSR count). The number of pyridine rings is 1. The first kappa shape index (κ1) is 18.1. The van der Waals surface area contributed by atoms with Crippen LogP contribution in [0.25, 0.3) is 5.76 Å². The summed E-state index contributed by atoms with van der Waals surface area (Å²) in [7, 11) is 0. The van der Waals surface area contributed by atoms with E-state index in [-0.39, 0.29) is 17.9 Å². The molecule has 0 unspecified atom stereocenters. The molecule has 0 spiro atoms. The van der Waals surface area contributed by atoms with E-state index in [4.69, 9.17) is 11.6 Å². The summed E-state index contributed by atoms with van der Waals surface area (Å²) >= 11 is 5.87. The molecule has 7 heteroatoms. The minimum atomic E-state index is -0.874. The highest BCUT2D eigenvalue weighted by Crippen LogP contribution is 2.38. The summed E-state index contributed by atoms with van der Waals surface area (Å²) < 4.78 is 0. The van der Waals surface area contributed by atoms with Gasteiger partial charge in [-0.2, -0.15) is 0 Å². The number of aliphatic hydroxyl groups excluding tert-OH is 2. The zero-order valence-electron chi connectivity index (χ0n) is 14.0. The minimum absolute atomic E-state index is 0.0524. The summed E-state index contributed by atoms with van der Waals surface area (Å²) in [5.41, 5.74) is 0.741. The molecule has 1 fully saturated rings. The van der Waals surface area contributed by atoms with Crippen LogP contribution in [0, 0.1) is 0 Å². The highest BCUT2D eigenvalue weighted by atomic mass is 35.5. The molecule has 1 aliphatic heterocycles. The number of halogens is 1. The molecule has 0 saturated carbocycles. The maximum atomic E-state index is 12.6. The van der Waals surface area contributed by atoms with Crippen molar-refractivity contribution < 1.29 is 19.8 Å². The van der Waals surface area contributed by atoms with E-state index >= 15 is 0 Å². The second-order valence-corrected chi connectivity index (χ2v) is 6.50. The lowest BCUT2D eigenvalue weighted by Gasteiger charge is -2.25. The first-order valence-corrected chi connectivity index (χ1v) is 8.41. The number of nitrogens with zero attached hydrogens (tertiary/aromatic N) is 2. The average Bonchev–Trinajstić information content (AvgIpc) is 2.87. The first-order chi connectivity index (χ1) is 12.4. The van der Waals surface area contributed by atoms with Gasteiger partial charge >= 0.3 is 0 Å². The van der Waals surface area contributed by atoms with E-state index in [2.05, 4.69) is 4.98 Å². The fourth-order valence-corrected chi connectivity index (χ4v) is 3.09. The Balaban J connectivity index is 2.17. The predicted octanol–water partition coefficient (Wildman–Crippen LogP) is 2.54. The number of hydrogen-bond donors (Lipinski definition) is 2. The number of aliphatic hydroxyl groups is 2. The van der Waals surface area contributed by atoms with Crippen molar-refractivity contribution in [1.29, 1.82) is 0 Å². The normalized spacial score (nSPS) is 20.4. The Labute approximate surface area is 155 Å². The number of Topliss-reactive ketones (excluding diaryl/α,β-unsaturated/α-hetero) is 1. The molecule has 1 aromatic heterocycles. The van der Waals surface area contributed by atoms with Gasteiger partial charge in [0, 0.05) is 23.3 Å². The summed E-state index contributed by atoms with van der Waals surface area (Å²) in [5.74, 6) is -1.89. The molecular weight excluding hydrogens is 356 g/mol. The van der Waals surface area contributed by atoms with Crippen LogP contribution in [0.2, 0.25) is 5.02 Å². The van der Waals surface area contributed by atoms with Gasteiger partial charge < -0.3 is 15.1 Å². The second-order valence-electron chi connectivity index (χ2n) is 6.06. The highest BCUT2D eigenvalue weighted by molar-refractivity contribution is 6.46. The summed E-state index contributed by atoms with van der Waals surface area (Å²) in [5, 5.41) is 20.9. The summed E-state index contributed by atoms with van der Waals surface area (Å²) in [6.45, 7) is 1.47. The Kier molecular flexibility index (Phi) is 5.06. The van der Waals surface area contributed by atoms with Gasteiger partial charge in [-0.25, -0.2) is 0 Å². The molecule has 6 nitrogen and oxygen atoms in total. The number of aromatic nitrogens is 1. The van der Waals surface area contributed by atoms with Gasteiger partial charge in [0.05, 0.1) is 17.4 Å². The molecule has 134 valence electrons. The number of hydrogen-bond acceptors (Lipinski definition) is 5. The molecule has 0 radical (unpaired) electrons. The van der Waals surface area contributed by atoms with Crippen molar-refractivity contribution in [2.45, 2.75) is 19.1 Å². The van der Waals surface area contributed by atoms with Crippen LogP contribution >= 0.6 is 11.6 Å². The van der Waals surface area contributed by atoms with E-state index in [0.717, 1.165) is 0 Å². The molecule has 2 atom stereocenters. The number of benzene rings is 1. The van der Waals surface area contributed by atoms with E-state index in [9.17, 15) is 19.8 Å². The smallest absolute Gasteiger partial charge is 0.295 e. The van der Waals surface area contributed by atoms with Crippen LogP contribution in [0.4, 0.5) is 0 Å². The Morgan fingerprint density at radius 3 is 2.50 bits per heavy atom. The fraction of sp³-hybridized carbons (Fsp3) is 0.211. The SMILES string of the molecule is C[C@H](O)CN1C(=O)C(=O)C(=C(O)c2ccc(Cl)cc2)[C@@H]1c1ccccn1. The lowest BCUT2D eigenvalue weighted by atomic mass is 9.98. The molecule has 1 saturated heterocycles. The van der Waals surface area contributed by atoms with Crippen LogP contribution in [-0.4, -0.2) is 44.4 Å². The lowest BCUT2D eigenvalue weighted by molar-refractivity contribution is -0.140. The number of carbonyl (C=O) groups excluding carboxylic acids is 2. The molecule has 26 heavy (non-hydrogen) atoms. The number of ketones is 1. The molecule has 0 bridgehead atoms. The minimum Gasteiger partial charge on any atom is -0.507 e. The fourth-order valence-electron chi connectivity index (χ4n) is 2.96. The summed E-state index contributed by atoms with van der Waals surface area (Å²) in [4.78, 5) is 30.6. The Morgan fingerprint density at radius 2 is 1.92 bits per heavy atom. The van der Waals surface area contributed by atoms with Crippen molar-refractivity contribution in [3.8, 4) is 0 Å². The van der Waals surface area contributed by atoms with Crippen molar-refractivity contribution in [3.05, 3.63) is 70.5 Å². The van der Waals surface area contributed by atoms with E-state index in [1.807, 2.05) is 0 Å². The van der Waals surface area contributed by atoms with Crippen LogP contribution < -0.4 is 0 Å². The van der Waals surface area contributed by atoms with Crippen LogP contribution in [-0.2, 0) is 9.59 Å². The number of likely N-dealkylation sites (tertiary alicyclic amines) is 1. The highest BCUT2D eigenvalue weighted by Gasteiger charge is 2.46. The van der Waals surface area contributed by atoms with Crippen molar-refractivity contribution in [2.75, 3.05) is 6.54 Å². The molecule has 1 aromatic carbocycles. The maximum Gasteiger partial charge on any atom is 0.295 e. The lowest BCUT2D eigenvalue weighted by Crippen LogP contribution is -2.35. The van der Waals surface area contributed by atoms with Gasteiger partial charge in [0.25, 0.3) is 11.7 Å². The van der Waals surface area contributed by atoms with Gasteiger partial charge in [-0.1, -0.05) is 17.7 Å². The van der Waals surface area contributed by atoms with E-state index in [1.54, 1.807) is 48.7 Å². The quantitative estimate of drug-likeness (QED) is 0.489. The van der Waals surface area contributed by atoms with Crippen LogP contribution in [0.5, 0.6) is 0 Å². The van der Waals surface area contributed by atoms with E-state index in [0.29, 0.717) is 16.3 Å². The molecule has 1 aliphatic rings. The monoisotopic (exact) mass is 372 g/mol. The van der Waals surface area contributed by atoms with Crippen molar-refractivity contribution in [3.63, 3.8) is 0 Å². The van der Waals surface area contributed by atoms with Crippen LogP contribution in [0.15, 0.2) is 54.2 Å². The Bertz CT molecular complexity index is 863. The first-order valence-electron chi connectivity index (χ1n) is 8.03. The average molecular weight is 373 g/mol. The zero-order chi connectivity index (χ0) is 18.8. The van der Waals surface area contributed by atoms with Crippen molar-refractivity contribution >= 4 is 29.1 Å². The standard InChI is InChI=1S/C19H17ClN2O4/c1-11(23)10-22-16(14-4-2-3-9-21-14)15(18(25)19(22)26)17(24)12-5-7-13(20)8-6-12/h2-9,11,16,23-24H,10H2,1H3/t11-,16-/m0/s1. The van der Waals surface area contributed by atoms with Crippen LogP contribution in [0.3, 0.4) is 0 Å². The maximum absolute atomic E-state index is 12.6. The predicted molar refractivity (Wildman–Crippen MR) is 96.4 cm³/mol. The largest absolute Gasteiger partial charge is 0.507 e. The Hall–Kier alpha value is -2.70. The Morgan fingerprint density at radius 1 is 1.23 bits per heavy atom. The number of amides is 1. The third-order valence-electron chi connectivity index (χ3n) is 4.09. The van der Waals surface area contributed by atoms with E-state index in [1.165, 1.54) is 11.8 Å². The van der Waals surface area contributed by atoms with Gasteiger partial charge in [0.1, 0.15) is 11.8 Å². The van der Waals surface area contributed by atoms with Gasteiger partial charge in [0.2, 0.25) is 0 Å². The molecule has 1 amide bonds. The molecule has 2 aromatic rings. The molecular formula is C19H17ClN2O4. The summed E-state index contributed by atoms with van der Waals surface area (Å²) in [6, 6.07) is 10.5. The number of β-amino-alcohol motifs (C(OH)–C–C–N with tert-alkyl or cyclic N) is 1. The van der Waals surface area contributed by atoms with Gasteiger partial charge in [0.15, 0.2) is 0 Å².